The van der Waals surface area contributed by atoms with Gasteiger partial charge >= 0.3 is 0 Å². The molecular weight excluding hydrogens is 250 g/mol. The molecule has 0 fully saturated rings. The van der Waals surface area contributed by atoms with Crippen LogP contribution in [0.4, 0.5) is 5.82 Å². The molecule has 0 aliphatic heterocycles. The molecule has 1 heterocycles. The van der Waals surface area contributed by atoms with Gasteiger partial charge in [0.25, 0.3) is 5.91 Å². The molecule has 5 heteroatoms. The Morgan fingerprint density at radius 3 is 2.78 bits per heavy atom. The average Bonchev–Trinajstić information content (AvgIpc) is 2.29. The Morgan fingerprint density at radius 2 is 2.22 bits per heavy atom. The van der Waals surface area contributed by atoms with E-state index in [1.165, 1.54) is 0 Å². The van der Waals surface area contributed by atoms with Crippen molar-refractivity contribution >= 4 is 23.3 Å². The predicted octanol–water partition coefficient (Wildman–Crippen LogP) is 2.31. The summed E-state index contributed by atoms with van der Waals surface area (Å²) in [5, 5.41) is 6.07. The zero-order chi connectivity index (χ0) is 13.8. The summed E-state index contributed by atoms with van der Waals surface area (Å²) in [6.45, 7) is 6.06. The lowest BCUT2D eigenvalue weighted by Gasteiger charge is -2.20. The Kier molecular flexibility index (Phi) is 4.57. The van der Waals surface area contributed by atoms with Gasteiger partial charge in [0.15, 0.2) is 0 Å². The minimum absolute atomic E-state index is 0.280. The predicted molar refractivity (Wildman–Crippen MR) is 73.8 cm³/mol. The number of hydrogen-bond donors (Lipinski definition) is 2. The molecule has 4 nitrogen and oxygen atoms in total. The zero-order valence-electron chi connectivity index (χ0n) is 10.7. The van der Waals surface area contributed by atoms with Crippen molar-refractivity contribution in [2.45, 2.75) is 26.3 Å². The smallest absolute Gasteiger partial charge is 0.256 e. The Morgan fingerprint density at radius 1 is 1.56 bits per heavy atom. The van der Waals surface area contributed by atoms with Gasteiger partial charge in [-0.1, -0.05) is 17.5 Å². The standard InChI is InChI=1S/C13H16ClN3O/c1-5-13(3,4)17-12(18)9-7-8-10(14)16-11(9)15-6-2/h1,7-8H,6H2,2-4H3,(H,15,16)(H,17,18). The Hall–Kier alpha value is -1.73. The highest BCUT2D eigenvalue weighted by molar-refractivity contribution is 6.29. The van der Waals surface area contributed by atoms with Gasteiger partial charge in [0, 0.05) is 6.54 Å². The van der Waals surface area contributed by atoms with E-state index in [9.17, 15) is 4.79 Å². The summed E-state index contributed by atoms with van der Waals surface area (Å²) in [5.74, 6) is 2.68. The van der Waals surface area contributed by atoms with E-state index in [2.05, 4.69) is 21.5 Å². The molecule has 1 aromatic rings. The van der Waals surface area contributed by atoms with E-state index in [4.69, 9.17) is 18.0 Å². The molecular formula is C13H16ClN3O. The Balaban J connectivity index is 3.02. The van der Waals surface area contributed by atoms with Crippen LogP contribution in [0, 0.1) is 12.3 Å². The maximum absolute atomic E-state index is 12.1. The second-order valence-electron chi connectivity index (χ2n) is 4.28. The van der Waals surface area contributed by atoms with E-state index in [-0.39, 0.29) is 5.91 Å². The van der Waals surface area contributed by atoms with Crippen molar-refractivity contribution in [3.8, 4) is 12.3 Å². The molecule has 1 amide bonds. The summed E-state index contributed by atoms with van der Waals surface area (Å²) in [5.41, 5.74) is -0.287. The van der Waals surface area contributed by atoms with Gasteiger partial charge in [-0.25, -0.2) is 4.98 Å². The number of nitrogens with zero attached hydrogens (tertiary/aromatic N) is 1. The van der Waals surface area contributed by atoms with Crippen LogP contribution < -0.4 is 10.6 Å². The fourth-order valence-corrected chi connectivity index (χ4v) is 1.46. The third-order valence-electron chi connectivity index (χ3n) is 2.24. The van der Waals surface area contributed by atoms with Gasteiger partial charge in [-0.2, -0.15) is 0 Å². The number of carbonyl (C=O) groups excluding carboxylic acids is 1. The normalized spacial score (nSPS) is 10.6. The first-order chi connectivity index (χ1) is 8.39. The molecule has 18 heavy (non-hydrogen) atoms. The van der Waals surface area contributed by atoms with Crippen molar-refractivity contribution in [2.24, 2.45) is 0 Å². The van der Waals surface area contributed by atoms with Gasteiger partial charge in [-0.15, -0.1) is 6.42 Å². The molecule has 0 aliphatic carbocycles. The monoisotopic (exact) mass is 265 g/mol. The fraction of sp³-hybridized carbons (Fsp3) is 0.385. The number of nitrogens with one attached hydrogen (secondary N) is 2. The van der Waals surface area contributed by atoms with E-state index >= 15 is 0 Å². The van der Waals surface area contributed by atoms with Gasteiger partial charge in [0.2, 0.25) is 0 Å². The number of amides is 1. The van der Waals surface area contributed by atoms with Crippen LogP contribution >= 0.6 is 11.6 Å². The van der Waals surface area contributed by atoms with Gasteiger partial charge in [0.05, 0.1) is 11.1 Å². The molecule has 2 N–H and O–H groups in total. The van der Waals surface area contributed by atoms with Crippen molar-refractivity contribution in [2.75, 3.05) is 11.9 Å². The lowest BCUT2D eigenvalue weighted by atomic mass is 10.1. The van der Waals surface area contributed by atoms with Crippen LogP contribution in [-0.2, 0) is 0 Å². The van der Waals surface area contributed by atoms with Crippen molar-refractivity contribution in [1.82, 2.24) is 10.3 Å². The summed E-state index contributed by atoms with van der Waals surface area (Å²) in [7, 11) is 0. The summed E-state index contributed by atoms with van der Waals surface area (Å²) in [6, 6.07) is 3.19. The number of anilines is 1. The van der Waals surface area contributed by atoms with Gasteiger partial charge < -0.3 is 10.6 Å². The third kappa shape index (κ3) is 3.64. The van der Waals surface area contributed by atoms with Crippen LogP contribution in [0.25, 0.3) is 0 Å². The molecule has 1 rings (SSSR count). The molecule has 0 bridgehead atoms. The SMILES string of the molecule is C#CC(C)(C)NC(=O)c1ccc(Cl)nc1NCC. The molecule has 96 valence electrons. The summed E-state index contributed by atoms with van der Waals surface area (Å²) < 4.78 is 0. The van der Waals surface area contributed by atoms with Crippen LogP contribution in [0.15, 0.2) is 12.1 Å². The van der Waals surface area contributed by atoms with E-state index in [0.717, 1.165) is 0 Å². The Labute approximate surface area is 112 Å². The van der Waals surface area contributed by atoms with Crippen LogP contribution in [0.1, 0.15) is 31.1 Å². The lowest BCUT2D eigenvalue weighted by molar-refractivity contribution is 0.0930. The largest absolute Gasteiger partial charge is 0.370 e. The maximum atomic E-state index is 12.1. The molecule has 0 saturated carbocycles. The number of aromatic nitrogens is 1. The zero-order valence-corrected chi connectivity index (χ0v) is 11.4. The molecule has 0 atom stereocenters. The van der Waals surface area contributed by atoms with Crippen LogP contribution in [0.3, 0.4) is 0 Å². The number of carbonyl (C=O) groups is 1. The Bertz CT molecular complexity index is 491. The minimum Gasteiger partial charge on any atom is -0.370 e. The fourth-order valence-electron chi connectivity index (χ4n) is 1.31. The third-order valence-corrected chi connectivity index (χ3v) is 2.45. The summed E-state index contributed by atoms with van der Waals surface area (Å²) in [4.78, 5) is 16.2. The molecule has 0 radical (unpaired) electrons. The average molecular weight is 266 g/mol. The van der Waals surface area contributed by atoms with Crippen molar-refractivity contribution in [3.63, 3.8) is 0 Å². The molecule has 1 aromatic heterocycles. The number of rotatable bonds is 4. The highest BCUT2D eigenvalue weighted by Gasteiger charge is 2.20. The highest BCUT2D eigenvalue weighted by atomic mass is 35.5. The van der Waals surface area contributed by atoms with E-state index in [1.54, 1.807) is 26.0 Å². The highest BCUT2D eigenvalue weighted by Crippen LogP contribution is 2.17. The molecule has 0 aromatic carbocycles. The molecule has 0 spiro atoms. The maximum Gasteiger partial charge on any atom is 0.256 e. The molecule has 0 saturated heterocycles. The topological polar surface area (TPSA) is 54.0 Å². The number of hydrogen-bond acceptors (Lipinski definition) is 3. The quantitative estimate of drug-likeness (QED) is 0.649. The van der Waals surface area contributed by atoms with Gasteiger partial charge in [-0.3, -0.25) is 4.79 Å². The van der Waals surface area contributed by atoms with E-state index < -0.39 is 5.54 Å². The van der Waals surface area contributed by atoms with Gasteiger partial charge in [-0.05, 0) is 32.9 Å². The second-order valence-corrected chi connectivity index (χ2v) is 4.67. The number of halogens is 1. The second kappa shape index (κ2) is 5.74. The number of terminal acetylenes is 1. The minimum atomic E-state index is -0.708. The molecule has 0 unspecified atom stereocenters. The van der Waals surface area contributed by atoms with Crippen molar-refractivity contribution < 1.29 is 4.79 Å². The van der Waals surface area contributed by atoms with Crippen LogP contribution in [0.2, 0.25) is 5.15 Å². The summed E-state index contributed by atoms with van der Waals surface area (Å²) >= 11 is 5.80. The number of pyridine rings is 1. The van der Waals surface area contributed by atoms with E-state index in [1.807, 2.05) is 6.92 Å². The van der Waals surface area contributed by atoms with E-state index in [0.29, 0.717) is 23.1 Å². The van der Waals surface area contributed by atoms with Gasteiger partial charge in [0.1, 0.15) is 11.0 Å². The first-order valence-electron chi connectivity index (χ1n) is 5.60. The molecule has 0 aliphatic rings. The van der Waals surface area contributed by atoms with Crippen LogP contribution in [-0.4, -0.2) is 23.0 Å². The van der Waals surface area contributed by atoms with Crippen molar-refractivity contribution in [3.05, 3.63) is 22.8 Å². The summed E-state index contributed by atoms with van der Waals surface area (Å²) in [6.07, 6.45) is 5.34. The lowest BCUT2D eigenvalue weighted by Crippen LogP contribution is -2.42. The van der Waals surface area contributed by atoms with Crippen LogP contribution in [0.5, 0.6) is 0 Å². The first kappa shape index (κ1) is 14.3. The first-order valence-corrected chi connectivity index (χ1v) is 5.98. The van der Waals surface area contributed by atoms with Crippen molar-refractivity contribution in [1.29, 1.82) is 0 Å².